The molecule has 2 nitrogen and oxygen atoms in total. The molecule has 0 aliphatic carbocycles. The molecule has 0 aromatic carbocycles. The van der Waals surface area contributed by atoms with E-state index in [2.05, 4.69) is 23.4 Å². The maximum Gasteiger partial charge on any atom is 0.159 e. The van der Waals surface area contributed by atoms with Gasteiger partial charge < -0.3 is 0 Å². The van der Waals surface area contributed by atoms with Crippen molar-refractivity contribution in [2.75, 3.05) is 0 Å². The van der Waals surface area contributed by atoms with Gasteiger partial charge in [-0.15, -0.1) is 10.2 Å². The van der Waals surface area contributed by atoms with E-state index in [9.17, 15) is 0 Å². The van der Waals surface area contributed by atoms with Gasteiger partial charge in [0, 0.05) is 11.1 Å². The van der Waals surface area contributed by atoms with Crippen LogP contribution in [0.4, 0.5) is 0 Å². The molecule has 1 aromatic heterocycles. The first-order valence-electron chi connectivity index (χ1n) is 3.17. The summed E-state index contributed by atoms with van der Waals surface area (Å²) >= 11 is 11.5. The topological polar surface area (TPSA) is 25.8 Å². The van der Waals surface area contributed by atoms with Gasteiger partial charge in [-0.3, -0.25) is 0 Å². The molecule has 0 radical (unpaired) electrons. The Hall–Kier alpha value is -0.860. The molecule has 0 saturated carbocycles. The van der Waals surface area contributed by atoms with Gasteiger partial charge in [-0.05, 0) is 0 Å². The Morgan fingerprint density at radius 1 is 0.917 bits per heavy atom. The fourth-order valence-corrected chi connectivity index (χ4v) is 1.24. The number of hydrogen-bond acceptors (Lipinski definition) is 2. The lowest BCUT2D eigenvalue weighted by atomic mass is 10.2. The number of hydrogen-bond donors (Lipinski definition) is 0. The first-order valence-corrected chi connectivity index (χ1v) is 3.92. The molecule has 0 saturated heterocycles. The van der Waals surface area contributed by atoms with Crippen LogP contribution in [-0.4, -0.2) is 10.2 Å². The Morgan fingerprint density at radius 2 is 1.25 bits per heavy atom. The monoisotopic (exact) mass is 200 g/mol. The molecule has 1 aromatic rings. The van der Waals surface area contributed by atoms with Crippen LogP contribution in [0.2, 0.25) is 10.3 Å². The van der Waals surface area contributed by atoms with Crippen LogP contribution < -0.4 is 0 Å². The largest absolute Gasteiger partial charge is 0.159 e. The van der Waals surface area contributed by atoms with Crippen molar-refractivity contribution in [3.05, 3.63) is 34.6 Å². The third kappa shape index (κ3) is 1.49. The minimum Gasteiger partial charge on any atom is -0.136 e. The Bertz CT molecular complexity index is 301. The van der Waals surface area contributed by atoms with E-state index in [1.54, 1.807) is 12.2 Å². The molecular formula is C8H6Cl2N2. The second-order valence-corrected chi connectivity index (χ2v) is 2.73. The van der Waals surface area contributed by atoms with Crippen LogP contribution in [0.5, 0.6) is 0 Å². The zero-order valence-electron chi connectivity index (χ0n) is 6.22. The Labute approximate surface area is 80.5 Å². The van der Waals surface area contributed by atoms with Crippen LogP contribution in [0.25, 0.3) is 12.2 Å². The fourth-order valence-electron chi connectivity index (χ4n) is 0.806. The van der Waals surface area contributed by atoms with Crippen molar-refractivity contribution < 1.29 is 0 Å². The van der Waals surface area contributed by atoms with Gasteiger partial charge in [-0.25, -0.2) is 0 Å². The molecule has 0 unspecified atom stereocenters. The normalized spacial score (nSPS) is 9.50. The minimum atomic E-state index is 0.282. The van der Waals surface area contributed by atoms with Crippen LogP contribution in [-0.2, 0) is 0 Å². The van der Waals surface area contributed by atoms with Gasteiger partial charge in [-0.2, -0.15) is 0 Å². The second-order valence-electron chi connectivity index (χ2n) is 2.02. The lowest BCUT2D eigenvalue weighted by molar-refractivity contribution is 1.02. The van der Waals surface area contributed by atoms with Gasteiger partial charge >= 0.3 is 0 Å². The molecule has 0 N–H and O–H groups in total. The number of rotatable bonds is 2. The molecule has 4 heteroatoms. The molecule has 0 aliphatic heterocycles. The van der Waals surface area contributed by atoms with Crippen molar-refractivity contribution in [2.24, 2.45) is 0 Å². The van der Waals surface area contributed by atoms with E-state index in [0.29, 0.717) is 11.1 Å². The second kappa shape index (κ2) is 3.70. The fraction of sp³-hybridized carbons (Fsp3) is 0. The highest BCUT2D eigenvalue weighted by molar-refractivity contribution is 6.33. The molecule has 0 bridgehead atoms. The van der Waals surface area contributed by atoms with E-state index in [-0.39, 0.29) is 10.3 Å². The lowest BCUT2D eigenvalue weighted by Crippen LogP contribution is -1.92. The zero-order valence-corrected chi connectivity index (χ0v) is 7.73. The first-order chi connectivity index (χ1) is 5.70. The van der Waals surface area contributed by atoms with Gasteiger partial charge in [0.25, 0.3) is 0 Å². The van der Waals surface area contributed by atoms with Gasteiger partial charge in [0.1, 0.15) is 0 Å². The van der Waals surface area contributed by atoms with Crippen molar-refractivity contribution in [1.29, 1.82) is 0 Å². The van der Waals surface area contributed by atoms with Gasteiger partial charge in [0.2, 0.25) is 0 Å². The van der Waals surface area contributed by atoms with Crippen LogP contribution in [0.15, 0.2) is 13.2 Å². The number of aromatic nitrogens is 2. The summed E-state index contributed by atoms with van der Waals surface area (Å²) in [6.45, 7) is 7.17. The summed E-state index contributed by atoms with van der Waals surface area (Å²) in [5.74, 6) is 0. The van der Waals surface area contributed by atoms with Crippen LogP contribution in [0, 0.1) is 0 Å². The van der Waals surface area contributed by atoms with E-state index in [1.807, 2.05) is 0 Å². The molecule has 12 heavy (non-hydrogen) atoms. The summed E-state index contributed by atoms with van der Waals surface area (Å²) in [7, 11) is 0. The summed E-state index contributed by atoms with van der Waals surface area (Å²) in [6.07, 6.45) is 3.14. The van der Waals surface area contributed by atoms with Crippen LogP contribution in [0.1, 0.15) is 11.1 Å². The van der Waals surface area contributed by atoms with Gasteiger partial charge in [-0.1, -0.05) is 48.5 Å². The average Bonchev–Trinajstić information content (AvgIpc) is 2.08. The maximum absolute atomic E-state index is 5.73. The highest BCUT2D eigenvalue weighted by Crippen LogP contribution is 2.24. The molecule has 1 heterocycles. The number of nitrogens with zero attached hydrogens (tertiary/aromatic N) is 2. The van der Waals surface area contributed by atoms with E-state index in [4.69, 9.17) is 23.2 Å². The predicted molar refractivity (Wildman–Crippen MR) is 52.2 cm³/mol. The average molecular weight is 201 g/mol. The van der Waals surface area contributed by atoms with E-state index in [0.717, 1.165) is 0 Å². The predicted octanol–water partition coefficient (Wildman–Crippen LogP) is 3.07. The van der Waals surface area contributed by atoms with Crippen molar-refractivity contribution in [3.8, 4) is 0 Å². The Balaban J connectivity index is 3.48. The summed E-state index contributed by atoms with van der Waals surface area (Å²) in [5, 5.41) is 7.81. The van der Waals surface area contributed by atoms with Crippen molar-refractivity contribution in [2.45, 2.75) is 0 Å². The standard InChI is InChI=1S/C8H6Cl2N2/c1-3-5-6(4-2)8(10)12-11-7(5)9/h3-4H,1-2H2. The summed E-state index contributed by atoms with van der Waals surface area (Å²) in [5.41, 5.74) is 1.32. The van der Waals surface area contributed by atoms with Gasteiger partial charge in [0.15, 0.2) is 10.3 Å². The minimum absolute atomic E-state index is 0.282. The van der Waals surface area contributed by atoms with Crippen molar-refractivity contribution >= 4 is 35.4 Å². The molecule has 62 valence electrons. The van der Waals surface area contributed by atoms with Crippen molar-refractivity contribution in [1.82, 2.24) is 10.2 Å². The molecule has 1 rings (SSSR count). The quantitative estimate of drug-likeness (QED) is 0.734. The van der Waals surface area contributed by atoms with Crippen LogP contribution >= 0.6 is 23.2 Å². The summed E-state index contributed by atoms with van der Waals surface area (Å²) in [4.78, 5) is 0. The Morgan fingerprint density at radius 3 is 1.50 bits per heavy atom. The van der Waals surface area contributed by atoms with E-state index < -0.39 is 0 Å². The highest BCUT2D eigenvalue weighted by Gasteiger charge is 2.07. The molecule has 0 fully saturated rings. The third-order valence-corrected chi connectivity index (χ3v) is 1.93. The summed E-state index contributed by atoms with van der Waals surface area (Å²) < 4.78 is 0. The lowest BCUT2D eigenvalue weighted by Gasteiger charge is -2.02. The zero-order chi connectivity index (χ0) is 9.14. The van der Waals surface area contributed by atoms with E-state index in [1.165, 1.54) is 0 Å². The summed E-state index contributed by atoms with van der Waals surface area (Å²) in [6, 6.07) is 0. The van der Waals surface area contributed by atoms with E-state index >= 15 is 0 Å². The number of halogens is 2. The maximum atomic E-state index is 5.73. The molecule has 0 atom stereocenters. The molecule has 0 spiro atoms. The van der Waals surface area contributed by atoms with Gasteiger partial charge in [0.05, 0.1) is 0 Å². The SMILES string of the molecule is C=Cc1c(Cl)nnc(Cl)c1C=C. The Kier molecular flexibility index (Phi) is 2.84. The van der Waals surface area contributed by atoms with Crippen LogP contribution in [0.3, 0.4) is 0 Å². The molecule has 0 aliphatic rings. The highest BCUT2D eigenvalue weighted by atomic mass is 35.5. The third-order valence-electron chi connectivity index (χ3n) is 1.37. The molecule has 0 amide bonds. The molecular weight excluding hydrogens is 195 g/mol. The van der Waals surface area contributed by atoms with Crippen molar-refractivity contribution in [3.63, 3.8) is 0 Å². The smallest absolute Gasteiger partial charge is 0.136 e. The first kappa shape index (κ1) is 9.23.